The lowest BCUT2D eigenvalue weighted by Crippen LogP contribution is -2.49. The number of fused-ring (bicyclic) bond motifs is 3. The number of nitrogens with zero attached hydrogens (tertiary/aromatic N) is 3. The molecule has 1 aliphatic heterocycles. The van der Waals surface area contributed by atoms with Gasteiger partial charge in [-0.05, 0) is 55.4 Å². The molecule has 1 amide bonds. The fourth-order valence-corrected chi connectivity index (χ4v) is 7.22. The number of piperazine rings is 1. The standard InChI is InChI=1S/C23H16O11.C16H20ClN3O2S/c24-11(9-31-14-3-1-5-16-20(14)12(25)7-18(33-16)22(27)28)10-32-15-4-2-6-17-21(15)13(26)8-19(34-17)23(29)30;1-2-5-18-6-8-19(9-7-18)15(21)11-20-13-10-12(17)3-4-14(13)23-16(20)22/h1-8,11,24H,9-10H2,(H,27,28)(H,29,30);3-4,10H,2,5-9,11H2,1H3. The van der Waals surface area contributed by atoms with E-state index in [2.05, 4.69) is 11.8 Å². The molecule has 18 heteroatoms. The second-order valence-corrected chi connectivity index (χ2v) is 14.3. The van der Waals surface area contributed by atoms with Crippen molar-refractivity contribution in [2.45, 2.75) is 26.0 Å². The highest BCUT2D eigenvalue weighted by Gasteiger charge is 2.23. The zero-order valence-electron chi connectivity index (χ0n) is 30.3. The number of aromatic carboxylic acids is 2. The minimum Gasteiger partial charge on any atom is -0.490 e. The van der Waals surface area contributed by atoms with Crippen molar-refractivity contribution < 1.29 is 48.0 Å². The highest BCUT2D eigenvalue weighted by atomic mass is 35.5. The number of halogens is 1. The Labute approximate surface area is 331 Å². The molecular weight excluding hydrogens is 786 g/mol. The predicted octanol–water partition coefficient (Wildman–Crippen LogP) is 4.39. The number of aliphatic hydroxyl groups is 1. The number of aromatic nitrogens is 1. The van der Waals surface area contributed by atoms with Crippen LogP contribution >= 0.6 is 22.9 Å². The summed E-state index contributed by atoms with van der Waals surface area (Å²) in [6.07, 6.45) is -0.0634. The molecule has 0 aliphatic carbocycles. The van der Waals surface area contributed by atoms with Gasteiger partial charge in [0.15, 0.2) is 10.9 Å². The van der Waals surface area contributed by atoms with Gasteiger partial charge in [0, 0.05) is 43.3 Å². The second kappa shape index (κ2) is 17.8. The molecule has 0 bridgehead atoms. The molecule has 0 saturated carbocycles. The summed E-state index contributed by atoms with van der Waals surface area (Å²) in [5.41, 5.74) is -0.482. The monoisotopic (exact) mass is 821 g/mol. The van der Waals surface area contributed by atoms with Crippen molar-refractivity contribution in [3.05, 3.63) is 113 Å². The maximum Gasteiger partial charge on any atom is 0.371 e. The third kappa shape index (κ3) is 9.52. The molecule has 4 heterocycles. The zero-order chi connectivity index (χ0) is 40.8. The van der Waals surface area contributed by atoms with Crippen molar-refractivity contribution in [1.82, 2.24) is 14.4 Å². The lowest BCUT2D eigenvalue weighted by molar-refractivity contribution is -0.133. The van der Waals surface area contributed by atoms with E-state index in [-0.39, 0.29) is 64.0 Å². The van der Waals surface area contributed by atoms with Crippen LogP contribution in [-0.2, 0) is 11.3 Å². The fraction of sp³-hybridized carbons (Fsp3) is 0.282. The summed E-state index contributed by atoms with van der Waals surface area (Å²) in [6, 6.07) is 15.7. The molecule has 16 nitrogen and oxygen atoms in total. The van der Waals surface area contributed by atoms with Gasteiger partial charge in [-0.25, -0.2) is 9.59 Å². The topological polar surface area (TPSA) is 219 Å². The van der Waals surface area contributed by atoms with E-state index in [0.717, 1.165) is 72.8 Å². The van der Waals surface area contributed by atoms with E-state index in [9.17, 15) is 33.9 Å². The van der Waals surface area contributed by atoms with Gasteiger partial charge in [-0.2, -0.15) is 0 Å². The summed E-state index contributed by atoms with van der Waals surface area (Å²) in [6.45, 7) is 6.00. The molecule has 0 atom stereocenters. The summed E-state index contributed by atoms with van der Waals surface area (Å²) in [4.78, 5) is 75.6. The smallest absolute Gasteiger partial charge is 0.371 e. The van der Waals surface area contributed by atoms with Crippen LogP contribution in [0.2, 0.25) is 5.02 Å². The van der Waals surface area contributed by atoms with Gasteiger partial charge in [0.2, 0.25) is 17.4 Å². The molecule has 1 aliphatic rings. The lowest BCUT2D eigenvalue weighted by Gasteiger charge is -2.34. The van der Waals surface area contributed by atoms with Crippen molar-refractivity contribution in [2.24, 2.45) is 0 Å². The van der Waals surface area contributed by atoms with Gasteiger partial charge in [0.1, 0.15) is 59.3 Å². The minimum absolute atomic E-state index is 0.00271. The van der Waals surface area contributed by atoms with Crippen molar-refractivity contribution in [1.29, 1.82) is 0 Å². The Morgan fingerprint density at radius 1 is 0.807 bits per heavy atom. The van der Waals surface area contributed by atoms with E-state index in [0.29, 0.717) is 5.02 Å². The molecular formula is C39H36ClN3O13S. The number of carbonyl (C=O) groups is 3. The first-order valence-electron chi connectivity index (χ1n) is 17.7. The maximum absolute atomic E-state index is 12.5. The first-order chi connectivity index (χ1) is 27.3. The number of amides is 1. The molecule has 3 N–H and O–H groups in total. The molecule has 0 spiro atoms. The SMILES string of the molecule is CCCN1CCN(C(=O)Cn2c(=O)sc3ccc(Cl)cc32)CC1.O=C(O)c1cc(=O)c2c(OCC(O)COc3cccc4oc(C(=O)O)cc(=O)c34)cccc2o1. The summed E-state index contributed by atoms with van der Waals surface area (Å²) in [7, 11) is 0. The summed E-state index contributed by atoms with van der Waals surface area (Å²) >= 11 is 7.17. The van der Waals surface area contributed by atoms with Gasteiger partial charge in [0.25, 0.3) is 0 Å². The average molecular weight is 822 g/mol. The third-order valence-electron chi connectivity index (χ3n) is 8.90. The number of carbonyl (C=O) groups excluding carboxylic acids is 1. The Kier molecular flexibility index (Phi) is 12.7. The summed E-state index contributed by atoms with van der Waals surface area (Å²) < 4.78 is 23.8. The number of carboxylic acids is 2. The van der Waals surface area contributed by atoms with Gasteiger partial charge in [-0.3, -0.25) is 28.6 Å². The van der Waals surface area contributed by atoms with Crippen molar-refractivity contribution in [3.8, 4) is 11.5 Å². The summed E-state index contributed by atoms with van der Waals surface area (Å²) in [5.74, 6) is -3.65. The second-order valence-electron chi connectivity index (χ2n) is 12.9. The van der Waals surface area contributed by atoms with Crippen LogP contribution in [0.3, 0.4) is 0 Å². The maximum atomic E-state index is 12.5. The van der Waals surface area contributed by atoms with Crippen LogP contribution in [0, 0.1) is 0 Å². The molecule has 3 aromatic heterocycles. The van der Waals surface area contributed by atoms with Crippen LogP contribution in [0.4, 0.5) is 0 Å². The Bertz CT molecular complexity index is 2530. The minimum atomic E-state index is -1.39. The summed E-state index contributed by atoms with van der Waals surface area (Å²) in [5, 5.41) is 28.9. The van der Waals surface area contributed by atoms with Crippen LogP contribution < -0.4 is 25.2 Å². The number of benzene rings is 3. The van der Waals surface area contributed by atoms with E-state index in [4.69, 9.17) is 40.1 Å². The Morgan fingerprint density at radius 2 is 1.35 bits per heavy atom. The van der Waals surface area contributed by atoms with E-state index in [1.807, 2.05) is 11.0 Å². The van der Waals surface area contributed by atoms with E-state index >= 15 is 0 Å². The van der Waals surface area contributed by atoms with Crippen LogP contribution in [-0.4, -0.2) is 99.6 Å². The molecule has 6 aromatic rings. The third-order valence-corrected chi connectivity index (χ3v) is 10.1. The highest BCUT2D eigenvalue weighted by molar-refractivity contribution is 7.16. The molecule has 57 heavy (non-hydrogen) atoms. The van der Waals surface area contributed by atoms with E-state index in [1.54, 1.807) is 12.1 Å². The first-order valence-corrected chi connectivity index (χ1v) is 18.9. The number of rotatable bonds is 12. The van der Waals surface area contributed by atoms with E-state index < -0.39 is 40.4 Å². The molecule has 298 valence electrons. The van der Waals surface area contributed by atoms with Crippen LogP contribution in [0.15, 0.2) is 89.9 Å². The van der Waals surface area contributed by atoms with Gasteiger partial charge >= 0.3 is 16.8 Å². The molecule has 1 fully saturated rings. The lowest BCUT2D eigenvalue weighted by atomic mass is 10.2. The molecule has 1 saturated heterocycles. The Balaban J connectivity index is 0.000000208. The number of hydrogen-bond donors (Lipinski definition) is 3. The molecule has 7 rings (SSSR count). The zero-order valence-corrected chi connectivity index (χ0v) is 31.9. The van der Waals surface area contributed by atoms with Gasteiger partial charge in [-0.15, -0.1) is 0 Å². The number of ether oxygens (including phenoxy) is 2. The number of thiazole rings is 1. The number of aliphatic hydroxyl groups excluding tert-OH is 1. The Morgan fingerprint density at radius 3 is 1.86 bits per heavy atom. The van der Waals surface area contributed by atoms with Crippen LogP contribution in [0.1, 0.15) is 34.5 Å². The van der Waals surface area contributed by atoms with Crippen molar-refractivity contribution >= 4 is 72.9 Å². The van der Waals surface area contributed by atoms with Crippen molar-refractivity contribution in [2.75, 3.05) is 45.9 Å². The van der Waals surface area contributed by atoms with E-state index in [1.165, 1.54) is 41.0 Å². The van der Waals surface area contributed by atoms with Crippen LogP contribution in [0.25, 0.3) is 32.2 Å². The number of hydrogen-bond acceptors (Lipinski definition) is 13. The quantitative estimate of drug-likeness (QED) is 0.156. The molecule has 3 aromatic carbocycles. The molecule has 0 radical (unpaired) electrons. The van der Waals surface area contributed by atoms with Gasteiger partial charge in [-0.1, -0.05) is 42.0 Å². The predicted molar refractivity (Wildman–Crippen MR) is 210 cm³/mol. The highest BCUT2D eigenvalue weighted by Crippen LogP contribution is 2.26. The average Bonchev–Trinajstić information content (AvgIpc) is 3.49. The Hall–Kier alpha value is -6.01. The normalized spacial score (nSPS) is 13.2. The van der Waals surface area contributed by atoms with Gasteiger partial charge in [0.05, 0.1) is 10.2 Å². The fourth-order valence-electron chi connectivity index (χ4n) is 6.18. The number of carboxylic acid groups (broad SMARTS) is 2. The van der Waals surface area contributed by atoms with Crippen LogP contribution in [0.5, 0.6) is 11.5 Å². The molecule has 0 unspecified atom stereocenters. The van der Waals surface area contributed by atoms with Gasteiger partial charge < -0.3 is 38.5 Å². The van der Waals surface area contributed by atoms with Crippen molar-refractivity contribution in [3.63, 3.8) is 0 Å². The first kappa shape index (κ1) is 40.6. The largest absolute Gasteiger partial charge is 0.490 e.